The quantitative estimate of drug-likeness (QED) is 0.863. The number of piperidine rings is 1. The minimum Gasteiger partial charge on any atom is -0.389 e. The lowest BCUT2D eigenvalue weighted by Crippen LogP contribution is -2.37. The van der Waals surface area contributed by atoms with Crippen molar-refractivity contribution in [3.63, 3.8) is 0 Å². The molecule has 116 valence electrons. The average molecular weight is 308 g/mol. The van der Waals surface area contributed by atoms with E-state index in [0.717, 1.165) is 24.6 Å². The number of halogens is 1. The highest BCUT2D eigenvalue weighted by molar-refractivity contribution is 7.80. The highest BCUT2D eigenvalue weighted by Gasteiger charge is 2.28. The fraction of sp³-hybridized carbons (Fsp3) is 0.588. The number of likely N-dealkylation sites (tertiary alicyclic amines) is 1. The number of hydrogen-bond donors (Lipinski definition) is 1. The first-order valence-corrected chi connectivity index (χ1v) is 7.99. The summed E-state index contributed by atoms with van der Waals surface area (Å²) >= 11 is 4.97. The van der Waals surface area contributed by atoms with Crippen LogP contribution < -0.4 is 5.73 Å². The fourth-order valence-corrected chi connectivity index (χ4v) is 3.17. The Labute approximate surface area is 132 Å². The summed E-state index contributed by atoms with van der Waals surface area (Å²) in [4.78, 5) is 2.65. The predicted octanol–water partition coefficient (Wildman–Crippen LogP) is 3.72. The van der Waals surface area contributed by atoms with Gasteiger partial charge < -0.3 is 5.73 Å². The third-order valence-corrected chi connectivity index (χ3v) is 4.77. The molecule has 1 fully saturated rings. The second-order valence-electron chi connectivity index (χ2n) is 7.09. The fourth-order valence-electron chi connectivity index (χ4n) is 3.05. The van der Waals surface area contributed by atoms with E-state index < -0.39 is 0 Å². The Morgan fingerprint density at radius 2 is 1.95 bits per heavy atom. The maximum atomic E-state index is 13.9. The van der Waals surface area contributed by atoms with Crippen LogP contribution in [-0.4, -0.2) is 23.0 Å². The van der Waals surface area contributed by atoms with Crippen LogP contribution in [0.3, 0.4) is 0 Å². The van der Waals surface area contributed by atoms with Crippen LogP contribution in [0.2, 0.25) is 0 Å². The number of benzene rings is 1. The molecule has 0 saturated carbocycles. The van der Waals surface area contributed by atoms with Crippen molar-refractivity contribution in [3.05, 3.63) is 35.1 Å². The van der Waals surface area contributed by atoms with E-state index in [2.05, 4.69) is 25.7 Å². The van der Waals surface area contributed by atoms with E-state index in [1.807, 2.05) is 0 Å². The largest absolute Gasteiger partial charge is 0.389 e. The van der Waals surface area contributed by atoms with Gasteiger partial charge in [0, 0.05) is 17.7 Å². The lowest BCUT2D eigenvalue weighted by molar-refractivity contribution is 0.107. The molecule has 2 N–H and O–H groups in total. The molecule has 2 nitrogen and oxygen atoms in total. The predicted molar refractivity (Wildman–Crippen MR) is 89.7 cm³/mol. The van der Waals surface area contributed by atoms with Gasteiger partial charge in [-0.25, -0.2) is 4.39 Å². The highest BCUT2D eigenvalue weighted by atomic mass is 32.1. The van der Waals surface area contributed by atoms with E-state index >= 15 is 0 Å². The first kappa shape index (κ1) is 16.4. The van der Waals surface area contributed by atoms with Gasteiger partial charge in [-0.2, -0.15) is 0 Å². The Kier molecular flexibility index (Phi) is 4.99. The molecule has 21 heavy (non-hydrogen) atoms. The molecule has 1 heterocycles. The van der Waals surface area contributed by atoms with Gasteiger partial charge in [0.05, 0.1) is 0 Å². The average Bonchev–Trinajstić information content (AvgIpc) is 2.40. The number of nitrogens with two attached hydrogens (primary N) is 1. The van der Waals surface area contributed by atoms with Crippen molar-refractivity contribution in [1.82, 2.24) is 4.90 Å². The molecule has 1 aromatic rings. The summed E-state index contributed by atoms with van der Waals surface area (Å²) in [5, 5.41) is 0. The summed E-state index contributed by atoms with van der Waals surface area (Å²) in [5.41, 5.74) is 7.42. The molecule has 0 aliphatic carbocycles. The summed E-state index contributed by atoms with van der Waals surface area (Å²) < 4.78 is 13.9. The van der Waals surface area contributed by atoms with Gasteiger partial charge in [0.15, 0.2) is 0 Å². The molecule has 0 bridgehead atoms. The normalized spacial score (nSPS) is 17.9. The Bertz CT molecular complexity index is 514. The van der Waals surface area contributed by atoms with Crippen molar-refractivity contribution in [2.45, 2.75) is 40.2 Å². The van der Waals surface area contributed by atoms with Gasteiger partial charge in [-0.1, -0.05) is 33.0 Å². The van der Waals surface area contributed by atoms with E-state index in [9.17, 15) is 4.39 Å². The minimum absolute atomic E-state index is 0.173. The molecule has 0 amide bonds. The zero-order valence-electron chi connectivity index (χ0n) is 13.2. The standard InChI is InChI=1S/C17H25FN2S/c1-17(2,3)14-6-8-20(9-7-14)11-13-10-12(16(19)21)4-5-15(13)18/h4-5,10,14H,6-9,11H2,1-3H3,(H2,19,21). The van der Waals surface area contributed by atoms with Crippen LogP contribution in [0.15, 0.2) is 18.2 Å². The Hall–Kier alpha value is -1.00. The third kappa shape index (κ3) is 4.24. The molecule has 0 spiro atoms. The van der Waals surface area contributed by atoms with Crippen molar-refractivity contribution in [1.29, 1.82) is 0 Å². The summed E-state index contributed by atoms with van der Waals surface area (Å²) in [7, 11) is 0. The molecule has 1 aromatic carbocycles. The first-order chi connectivity index (χ1) is 9.77. The van der Waals surface area contributed by atoms with Gasteiger partial charge >= 0.3 is 0 Å². The zero-order chi connectivity index (χ0) is 15.6. The van der Waals surface area contributed by atoms with E-state index in [1.54, 1.807) is 12.1 Å². The molecule has 4 heteroatoms. The van der Waals surface area contributed by atoms with Crippen LogP contribution in [0.4, 0.5) is 4.39 Å². The summed E-state index contributed by atoms with van der Waals surface area (Å²) in [6.07, 6.45) is 2.36. The van der Waals surface area contributed by atoms with Crippen LogP contribution in [0.5, 0.6) is 0 Å². The molecule has 1 saturated heterocycles. The van der Waals surface area contributed by atoms with Crippen LogP contribution in [0.1, 0.15) is 44.7 Å². The van der Waals surface area contributed by atoms with Crippen molar-refractivity contribution in [3.8, 4) is 0 Å². The first-order valence-electron chi connectivity index (χ1n) is 7.58. The molecular weight excluding hydrogens is 283 g/mol. The second-order valence-corrected chi connectivity index (χ2v) is 7.53. The molecule has 1 aliphatic heterocycles. The van der Waals surface area contributed by atoms with Crippen LogP contribution in [0, 0.1) is 17.2 Å². The number of hydrogen-bond acceptors (Lipinski definition) is 2. The maximum absolute atomic E-state index is 13.9. The van der Waals surface area contributed by atoms with Gasteiger partial charge in [0.1, 0.15) is 10.8 Å². The molecule has 0 radical (unpaired) electrons. The number of thiocarbonyl (C=S) groups is 1. The lowest BCUT2D eigenvalue weighted by atomic mass is 9.75. The maximum Gasteiger partial charge on any atom is 0.127 e. The Balaban J connectivity index is 2.01. The molecule has 2 rings (SSSR count). The van der Waals surface area contributed by atoms with Gasteiger partial charge in [0.2, 0.25) is 0 Å². The summed E-state index contributed by atoms with van der Waals surface area (Å²) in [5.74, 6) is 0.578. The molecule has 0 aromatic heterocycles. The van der Waals surface area contributed by atoms with Crippen molar-refractivity contribution in [2.24, 2.45) is 17.1 Å². The van der Waals surface area contributed by atoms with Crippen molar-refractivity contribution < 1.29 is 4.39 Å². The highest BCUT2D eigenvalue weighted by Crippen LogP contribution is 2.34. The minimum atomic E-state index is -0.173. The molecular formula is C17H25FN2S. The second kappa shape index (κ2) is 6.41. The SMILES string of the molecule is CC(C)(C)C1CCN(Cc2cc(C(N)=S)ccc2F)CC1. The van der Waals surface area contributed by atoms with Gasteiger partial charge in [-0.15, -0.1) is 0 Å². The van der Waals surface area contributed by atoms with Crippen molar-refractivity contribution in [2.75, 3.05) is 13.1 Å². The van der Waals surface area contributed by atoms with E-state index in [1.165, 1.54) is 18.9 Å². The Morgan fingerprint density at radius 1 is 1.33 bits per heavy atom. The Morgan fingerprint density at radius 3 is 2.48 bits per heavy atom. The van der Waals surface area contributed by atoms with Gasteiger partial charge in [-0.05, 0) is 55.5 Å². The van der Waals surface area contributed by atoms with Crippen LogP contribution >= 0.6 is 12.2 Å². The smallest absolute Gasteiger partial charge is 0.127 e. The van der Waals surface area contributed by atoms with Crippen LogP contribution in [-0.2, 0) is 6.54 Å². The molecule has 1 aliphatic rings. The zero-order valence-corrected chi connectivity index (χ0v) is 14.0. The molecule has 0 atom stereocenters. The summed E-state index contributed by atoms with van der Waals surface area (Å²) in [6, 6.07) is 4.90. The van der Waals surface area contributed by atoms with E-state index in [4.69, 9.17) is 18.0 Å². The topological polar surface area (TPSA) is 29.3 Å². The monoisotopic (exact) mass is 308 g/mol. The van der Waals surface area contributed by atoms with Crippen molar-refractivity contribution >= 4 is 17.2 Å². The van der Waals surface area contributed by atoms with Crippen LogP contribution in [0.25, 0.3) is 0 Å². The lowest BCUT2D eigenvalue weighted by Gasteiger charge is -2.38. The van der Waals surface area contributed by atoms with E-state index in [-0.39, 0.29) is 5.82 Å². The van der Waals surface area contributed by atoms with Gasteiger partial charge in [0.25, 0.3) is 0 Å². The number of nitrogens with zero attached hydrogens (tertiary/aromatic N) is 1. The summed E-state index contributed by atoms with van der Waals surface area (Å²) in [6.45, 7) is 9.60. The van der Waals surface area contributed by atoms with E-state index in [0.29, 0.717) is 22.5 Å². The number of rotatable bonds is 3. The molecule has 0 unspecified atom stereocenters. The van der Waals surface area contributed by atoms with Gasteiger partial charge in [-0.3, -0.25) is 4.90 Å². The third-order valence-electron chi connectivity index (χ3n) is 4.54.